The van der Waals surface area contributed by atoms with E-state index in [1.165, 1.54) is 11.9 Å². The van der Waals surface area contributed by atoms with Crippen LogP contribution >= 0.6 is 0 Å². The largest absolute Gasteiger partial charge is 0.374 e. The maximum Gasteiger partial charge on any atom is 0.251 e. The van der Waals surface area contributed by atoms with Gasteiger partial charge >= 0.3 is 0 Å². The molecule has 134 valence electrons. The summed E-state index contributed by atoms with van der Waals surface area (Å²) in [5, 5.41) is 3.04. The quantitative estimate of drug-likeness (QED) is 0.474. The van der Waals surface area contributed by atoms with Crippen molar-refractivity contribution in [3.63, 3.8) is 0 Å². The van der Waals surface area contributed by atoms with Gasteiger partial charge < -0.3 is 5.32 Å². The number of nitrogens with zero attached hydrogens (tertiary/aromatic N) is 1. The van der Waals surface area contributed by atoms with Gasteiger partial charge in [0.25, 0.3) is 5.91 Å². The number of imide groups is 1. The lowest BCUT2D eigenvalue weighted by Gasteiger charge is -2.12. The van der Waals surface area contributed by atoms with Crippen LogP contribution in [0.1, 0.15) is 61.8 Å². The molecule has 1 heterocycles. The minimum atomic E-state index is -0.412. The Hall–Kier alpha value is -1.84. The summed E-state index contributed by atoms with van der Waals surface area (Å²) >= 11 is 0. The Morgan fingerprint density at radius 2 is 1.48 bits per heavy atom. The molecule has 1 unspecified atom stereocenters. The molecule has 0 radical (unpaired) electrons. The van der Waals surface area contributed by atoms with Gasteiger partial charge in [0.05, 0.1) is 6.42 Å². The Kier molecular flexibility index (Phi) is 20.6. The van der Waals surface area contributed by atoms with E-state index < -0.39 is 6.04 Å². The van der Waals surface area contributed by atoms with Gasteiger partial charge in [-0.15, -0.1) is 0 Å². The first-order valence-electron chi connectivity index (χ1n) is 8.45. The van der Waals surface area contributed by atoms with Crippen molar-refractivity contribution >= 4 is 11.8 Å². The van der Waals surface area contributed by atoms with Crippen molar-refractivity contribution in [3.8, 4) is 0 Å². The van der Waals surface area contributed by atoms with Crippen LogP contribution in [0, 0.1) is 0 Å². The summed E-state index contributed by atoms with van der Waals surface area (Å²) in [6.45, 7) is 15.8. The third-order valence-corrected chi connectivity index (χ3v) is 2.71. The van der Waals surface area contributed by atoms with Gasteiger partial charge in [-0.3, -0.25) is 14.5 Å². The zero-order valence-corrected chi connectivity index (χ0v) is 16.4. The van der Waals surface area contributed by atoms with Crippen molar-refractivity contribution in [2.45, 2.75) is 67.9 Å². The summed E-state index contributed by atoms with van der Waals surface area (Å²) in [7, 11) is 1.51. The van der Waals surface area contributed by atoms with E-state index in [0.717, 1.165) is 5.70 Å². The van der Waals surface area contributed by atoms with E-state index in [-0.39, 0.29) is 18.2 Å². The maximum absolute atomic E-state index is 11.6. The zero-order chi connectivity index (χ0) is 18.8. The predicted octanol–water partition coefficient (Wildman–Crippen LogP) is 4.45. The molecule has 0 saturated carbocycles. The van der Waals surface area contributed by atoms with Gasteiger partial charge in [0, 0.05) is 12.7 Å². The highest BCUT2D eigenvalue weighted by Gasteiger charge is 2.35. The van der Waals surface area contributed by atoms with Gasteiger partial charge in [-0.1, -0.05) is 52.0 Å². The van der Waals surface area contributed by atoms with E-state index in [1.54, 1.807) is 0 Å². The normalized spacial score (nSPS) is 17.2. The first-order chi connectivity index (χ1) is 11.0. The summed E-state index contributed by atoms with van der Waals surface area (Å²) in [4.78, 5) is 24.0. The van der Waals surface area contributed by atoms with Crippen LogP contribution < -0.4 is 5.32 Å². The van der Waals surface area contributed by atoms with Crippen molar-refractivity contribution in [3.05, 3.63) is 36.1 Å². The van der Waals surface area contributed by atoms with Crippen molar-refractivity contribution in [1.82, 2.24) is 10.2 Å². The molecule has 0 aromatic heterocycles. The van der Waals surface area contributed by atoms with E-state index >= 15 is 0 Å². The molecule has 0 spiro atoms. The van der Waals surface area contributed by atoms with Crippen molar-refractivity contribution in [1.29, 1.82) is 0 Å². The number of amides is 2. The third kappa shape index (κ3) is 11.4. The Morgan fingerprint density at radius 3 is 1.74 bits per heavy atom. The molecule has 0 bridgehead atoms. The highest BCUT2D eigenvalue weighted by atomic mass is 16.2. The van der Waals surface area contributed by atoms with Crippen LogP contribution in [0.3, 0.4) is 0 Å². The number of carbonyl (C=O) groups is 2. The first kappa shape index (κ1) is 26.1. The molecule has 0 aromatic rings. The standard InChI is InChI=1S/C11H16N2O2.C4H8.2C2H6/c1-4-6-8(5-2)12-9-7-10(14)13(3)11(9)15;1-3-4-2;2*1-2/h4-6,9,12H,7H2,1-3H3;3-4H,1-2H3;2*1-2H3/b6-4-,8-5+;4-3-;;. The predicted molar refractivity (Wildman–Crippen MR) is 101 cm³/mol. The number of likely N-dealkylation sites (tertiary alicyclic amines) is 1. The topological polar surface area (TPSA) is 49.4 Å². The Labute approximate surface area is 143 Å². The highest BCUT2D eigenvalue weighted by Crippen LogP contribution is 2.12. The molecule has 1 aliphatic heterocycles. The minimum absolute atomic E-state index is 0.131. The average Bonchev–Trinajstić information content (AvgIpc) is 2.85. The van der Waals surface area contributed by atoms with E-state index in [2.05, 4.69) is 5.32 Å². The van der Waals surface area contributed by atoms with Gasteiger partial charge in [-0.25, -0.2) is 0 Å². The smallest absolute Gasteiger partial charge is 0.251 e. The Bertz CT molecular complexity index is 392. The summed E-state index contributed by atoms with van der Waals surface area (Å²) < 4.78 is 0. The fourth-order valence-corrected chi connectivity index (χ4v) is 1.48. The number of carbonyl (C=O) groups excluding carboxylic acids is 2. The average molecular weight is 325 g/mol. The summed E-state index contributed by atoms with van der Waals surface area (Å²) in [6, 6.07) is -0.412. The number of rotatable bonds is 3. The molecule has 23 heavy (non-hydrogen) atoms. The van der Waals surface area contributed by atoms with Gasteiger partial charge in [0.15, 0.2) is 0 Å². The molecule has 1 saturated heterocycles. The molecule has 4 heteroatoms. The number of allylic oxidation sites excluding steroid dienone is 5. The van der Waals surface area contributed by atoms with Crippen molar-refractivity contribution < 1.29 is 9.59 Å². The molecular weight excluding hydrogens is 288 g/mol. The van der Waals surface area contributed by atoms with E-state index in [4.69, 9.17) is 0 Å². The SMILES string of the molecule is C/C=C\C.C/C=C\C(=C/C)NC1CC(=O)N(C)C1=O.CC.CC. The molecule has 0 aromatic carbocycles. The molecule has 2 amide bonds. The number of nitrogens with one attached hydrogen (secondary N) is 1. The van der Waals surface area contributed by atoms with Crippen LogP contribution in [0.2, 0.25) is 0 Å². The Morgan fingerprint density at radius 1 is 1.00 bits per heavy atom. The van der Waals surface area contributed by atoms with Gasteiger partial charge in [0.2, 0.25) is 5.91 Å². The second kappa shape index (κ2) is 18.2. The van der Waals surface area contributed by atoms with Gasteiger partial charge in [-0.2, -0.15) is 0 Å². The molecule has 1 aliphatic rings. The fourth-order valence-electron chi connectivity index (χ4n) is 1.48. The van der Waals surface area contributed by atoms with Crippen molar-refractivity contribution in [2.24, 2.45) is 0 Å². The molecule has 1 rings (SSSR count). The first-order valence-corrected chi connectivity index (χ1v) is 8.45. The number of hydrogen-bond donors (Lipinski definition) is 1. The molecule has 1 N–H and O–H groups in total. The molecule has 1 atom stereocenters. The van der Waals surface area contributed by atoms with Gasteiger partial charge in [0.1, 0.15) is 6.04 Å². The lowest BCUT2D eigenvalue weighted by atomic mass is 10.2. The monoisotopic (exact) mass is 324 g/mol. The summed E-state index contributed by atoms with van der Waals surface area (Å²) in [5.74, 6) is -0.294. The second-order valence-corrected chi connectivity index (χ2v) is 4.10. The van der Waals surface area contributed by atoms with Crippen LogP contribution in [0.4, 0.5) is 0 Å². The van der Waals surface area contributed by atoms with Crippen molar-refractivity contribution in [2.75, 3.05) is 7.05 Å². The number of hydrogen-bond acceptors (Lipinski definition) is 3. The molecule has 1 fully saturated rings. The number of likely N-dealkylation sites (N-methyl/N-ethyl adjacent to an activating group) is 1. The maximum atomic E-state index is 11.6. The van der Waals surface area contributed by atoms with E-state index in [9.17, 15) is 9.59 Å². The van der Waals surface area contributed by atoms with E-state index in [1.807, 2.05) is 85.8 Å². The summed E-state index contributed by atoms with van der Waals surface area (Å²) in [5.41, 5.74) is 0.860. The van der Waals surface area contributed by atoms with Crippen LogP contribution in [0.25, 0.3) is 0 Å². The molecule has 0 aliphatic carbocycles. The fraction of sp³-hybridized carbons (Fsp3) is 0.579. The molecular formula is C19H36N2O2. The van der Waals surface area contributed by atoms with E-state index in [0.29, 0.717) is 0 Å². The van der Waals surface area contributed by atoms with Crippen LogP contribution in [0.15, 0.2) is 36.1 Å². The van der Waals surface area contributed by atoms with Crippen LogP contribution in [-0.4, -0.2) is 29.8 Å². The lowest BCUT2D eigenvalue weighted by Crippen LogP contribution is -2.36. The van der Waals surface area contributed by atoms with Gasteiger partial charge in [-0.05, 0) is 33.8 Å². The molecule has 4 nitrogen and oxygen atoms in total. The minimum Gasteiger partial charge on any atom is -0.374 e. The highest BCUT2D eigenvalue weighted by molar-refractivity contribution is 6.05. The van der Waals surface area contributed by atoms with Crippen LogP contribution in [-0.2, 0) is 9.59 Å². The van der Waals surface area contributed by atoms with Crippen LogP contribution in [0.5, 0.6) is 0 Å². The lowest BCUT2D eigenvalue weighted by molar-refractivity contribution is -0.137. The Balaban J connectivity index is -0.000000426. The third-order valence-electron chi connectivity index (χ3n) is 2.71. The summed E-state index contributed by atoms with van der Waals surface area (Å²) in [6.07, 6.45) is 9.86. The second-order valence-electron chi connectivity index (χ2n) is 4.10. The zero-order valence-electron chi connectivity index (χ0n) is 16.4.